The van der Waals surface area contributed by atoms with Crippen LogP contribution in [0.3, 0.4) is 0 Å². The van der Waals surface area contributed by atoms with E-state index in [9.17, 15) is 0 Å². The fourth-order valence-electron chi connectivity index (χ4n) is 4.09. The molecule has 2 aromatic carbocycles. The second kappa shape index (κ2) is 11.1. The molecule has 1 saturated heterocycles. The molecular weight excluding hydrogens is 390 g/mol. The summed E-state index contributed by atoms with van der Waals surface area (Å²) in [6.45, 7) is 6.57. The van der Waals surface area contributed by atoms with Crippen LogP contribution >= 0.6 is 0 Å². The van der Waals surface area contributed by atoms with E-state index in [1.165, 1.54) is 37.6 Å². The first-order valence-corrected chi connectivity index (χ1v) is 10.7. The Balaban J connectivity index is 0.000000858. The van der Waals surface area contributed by atoms with Gasteiger partial charge in [0, 0.05) is 24.4 Å². The molecule has 2 N–H and O–H groups in total. The van der Waals surface area contributed by atoms with Crippen molar-refractivity contribution in [3.8, 4) is 11.1 Å². The van der Waals surface area contributed by atoms with Crippen LogP contribution in [0.25, 0.3) is 22.1 Å². The Bertz CT molecular complexity index is 1010. The van der Waals surface area contributed by atoms with E-state index < -0.39 is 0 Å². The van der Waals surface area contributed by atoms with Gasteiger partial charge in [0.05, 0.1) is 12.8 Å². The average molecular weight is 424 g/mol. The summed E-state index contributed by atoms with van der Waals surface area (Å²) in [6.07, 6.45) is 3.60. The van der Waals surface area contributed by atoms with Gasteiger partial charge in [0.1, 0.15) is 18.5 Å². The van der Waals surface area contributed by atoms with Gasteiger partial charge in [0.2, 0.25) is 0 Å². The molecule has 1 aliphatic heterocycles. The molecule has 0 spiro atoms. The zero-order valence-corrected chi connectivity index (χ0v) is 18.9. The lowest BCUT2D eigenvalue weighted by molar-refractivity contribution is 0.206. The summed E-state index contributed by atoms with van der Waals surface area (Å²) in [7, 11) is 2.97. The number of hydrogen-bond acceptors (Lipinski definition) is 6. The summed E-state index contributed by atoms with van der Waals surface area (Å²) < 4.78 is 6.09. The van der Waals surface area contributed by atoms with E-state index in [1.807, 2.05) is 6.92 Å². The topological polar surface area (TPSA) is 73.2 Å². The first kappa shape index (κ1) is 23.0. The molecular formula is C25H33N3O3. The summed E-state index contributed by atoms with van der Waals surface area (Å²) in [4.78, 5) is 11.2. The predicted molar refractivity (Wildman–Crippen MR) is 126 cm³/mol. The molecule has 2 heterocycles. The van der Waals surface area contributed by atoms with Crippen molar-refractivity contribution in [2.45, 2.75) is 39.2 Å². The molecule has 0 aliphatic carbocycles. The van der Waals surface area contributed by atoms with Crippen LogP contribution in [0.4, 0.5) is 0 Å². The van der Waals surface area contributed by atoms with Crippen LogP contribution < -0.4 is 5.90 Å². The molecule has 1 fully saturated rings. The van der Waals surface area contributed by atoms with Gasteiger partial charge in [-0.25, -0.2) is 5.90 Å². The largest absolute Gasteiger partial charge is 0.461 e. The summed E-state index contributed by atoms with van der Waals surface area (Å²) in [5.41, 5.74) is 5.24. The number of furan rings is 1. The van der Waals surface area contributed by atoms with E-state index in [4.69, 9.17) is 9.25 Å². The highest BCUT2D eigenvalue weighted by atomic mass is 16.6. The Morgan fingerprint density at radius 2 is 1.94 bits per heavy atom. The number of nitrogens with two attached hydrogens (primary N) is 1. The third kappa shape index (κ3) is 5.94. The molecule has 3 aromatic rings. The first-order valence-electron chi connectivity index (χ1n) is 10.7. The zero-order valence-electron chi connectivity index (χ0n) is 18.9. The number of rotatable bonds is 6. The van der Waals surface area contributed by atoms with E-state index in [2.05, 4.69) is 76.2 Å². The van der Waals surface area contributed by atoms with Crippen LogP contribution in [-0.4, -0.2) is 44.0 Å². The summed E-state index contributed by atoms with van der Waals surface area (Å²) in [5.74, 6) is 5.42. The molecule has 4 rings (SSSR count). The molecule has 6 nitrogen and oxygen atoms in total. The van der Waals surface area contributed by atoms with Crippen molar-refractivity contribution in [1.82, 2.24) is 4.90 Å². The Morgan fingerprint density at radius 3 is 2.65 bits per heavy atom. The Kier molecular flexibility index (Phi) is 8.23. The maximum absolute atomic E-state index is 6.09. The van der Waals surface area contributed by atoms with Gasteiger partial charge >= 0.3 is 0 Å². The zero-order chi connectivity index (χ0) is 22.2. The molecule has 0 amide bonds. The van der Waals surface area contributed by atoms with Crippen molar-refractivity contribution in [3.05, 3.63) is 59.9 Å². The minimum absolute atomic E-state index is 0.702. The predicted octanol–water partition coefficient (Wildman–Crippen LogP) is 5.00. The Morgan fingerprint density at radius 1 is 1.16 bits per heavy atom. The number of likely N-dealkylation sites (tertiary alicyclic amines) is 1. The Labute approximate surface area is 184 Å². The normalized spacial score (nSPS) is 16.9. The monoisotopic (exact) mass is 423 g/mol. The molecule has 1 aliphatic rings. The maximum atomic E-state index is 6.09. The van der Waals surface area contributed by atoms with Crippen molar-refractivity contribution in [2.24, 2.45) is 11.1 Å². The minimum Gasteiger partial charge on any atom is -0.461 e. The van der Waals surface area contributed by atoms with Crippen LogP contribution in [0.5, 0.6) is 0 Å². The van der Waals surface area contributed by atoms with Crippen LogP contribution in [0.1, 0.15) is 38.0 Å². The molecule has 1 aromatic heterocycles. The van der Waals surface area contributed by atoms with Crippen LogP contribution in [0.15, 0.2) is 58.1 Å². The summed E-state index contributed by atoms with van der Waals surface area (Å²) in [5, 5.41) is 5.20. The lowest BCUT2D eigenvalue weighted by Crippen LogP contribution is -2.28. The third-order valence-electron chi connectivity index (χ3n) is 5.75. The fraction of sp³-hybridized carbons (Fsp3) is 0.400. The van der Waals surface area contributed by atoms with Gasteiger partial charge in [0.25, 0.3) is 0 Å². The smallest absolute Gasteiger partial charge is 0.134 e. The Hall–Kier alpha value is -2.67. The summed E-state index contributed by atoms with van der Waals surface area (Å²) in [6, 6.07) is 17.7. The molecule has 0 unspecified atom stereocenters. The van der Waals surface area contributed by atoms with Crippen molar-refractivity contribution in [1.29, 1.82) is 0 Å². The summed E-state index contributed by atoms with van der Waals surface area (Å²) >= 11 is 0. The fourth-order valence-corrected chi connectivity index (χ4v) is 4.09. The second-order valence-electron chi connectivity index (χ2n) is 7.92. The van der Waals surface area contributed by atoms with Gasteiger partial charge in [-0.3, -0.25) is 0 Å². The highest BCUT2D eigenvalue weighted by molar-refractivity contribution is 5.99. The first-order chi connectivity index (χ1) is 15.0. The molecule has 6 heteroatoms. The average Bonchev–Trinajstić information content (AvgIpc) is 3.37. The second-order valence-corrected chi connectivity index (χ2v) is 7.92. The highest BCUT2D eigenvalue weighted by Crippen LogP contribution is 2.28. The number of oxime groups is 1. The van der Waals surface area contributed by atoms with Gasteiger partial charge in [-0.2, -0.15) is 0 Å². The lowest BCUT2D eigenvalue weighted by atomic mass is 10.0. The van der Waals surface area contributed by atoms with E-state index in [0.717, 1.165) is 41.0 Å². The quantitative estimate of drug-likeness (QED) is 0.446. The molecule has 1 atom stereocenters. The number of nitrogens with zero attached hydrogens (tertiary/aromatic N) is 2. The van der Waals surface area contributed by atoms with Crippen LogP contribution in [0.2, 0.25) is 0 Å². The molecule has 166 valence electrons. The SMILES string of the molecule is CON.CON=C(C)c1cccc(-c2ccc3oc(CCN4CCC[C@H]4C)cc3c2)c1. The molecule has 0 radical (unpaired) electrons. The molecule has 0 saturated carbocycles. The van der Waals surface area contributed by atoms with Crippen molar-refractivity contribution >= 4 is 16.7 Å². The van der Waals surface area contributed by atoms with Gasteiger partial charge in [-0.05, 0) is 74.2 Å². The minimum atomic E-state index is 0.702. The van der Waals surface area contributed by atoms with Crippen molar-refractivity contribution in [3.63, 3.8) is 0 Å². The van der Waals surface area contributed by atoms with E-state index in [1.54, 1.807) is 7.11 Å². The third-order valence-corrected chi connectivity index (χ3v) is 5.75. The highest BCUT2D eigenvalue weighted by Gasteiger charge is 2.20. The van der Waals surface area contributed by atoms with Gasteiger partial charge in [0.15, 0.2) is 0 Å². The lowest BCUT2D eigenvalue weighted by Gasteiger charge is -2.19. The van der Waals surface area contributed by atoms with E-state index in [-0.39, 0.29) is 0 Å². The number of hydrogen-bond donors (Lipinski definition) is 1. The van der Waals surface area contributed by atoms with Crippen molar-refractivity contribution < 1.29 is 14.1 Å². The van der Waals surface area contributed by atoms with Gasteiger partial charge in [-0.1, -0.05) is 29.4 Å². The molecule has 0 bridgehead atoms. The van der Waals surface area contributed by atoms with Crippen LogP contribution in [0, 0.1) is 0 Å². The molecule has 31 heavy (non-hydrogen) atoms. The van der Waals surface area contributed by atoms with Crippen molar-refractivity contribution in [2.75, 3.05) is 27.3 Å². The van der Waals surface area contributed by atoms with E-state index >= 15 is 0 Å². The van der Waals surface area contributed by atoms with Gasteiger partial charge in [-0.15, -0.1) is 0 Å². The number of benzene rings is 2. The maximum Gasteiger partial charge on any atom is 0.134 e. The number of fused-ring (bicyclic) bond motifs is 1. The van der Waals surface area contributed by atoms with Gasteiger partial charge < -0.3 is 19.0 Å². The van der Waals surface area contributed by atoms with E-state index in [0.29, 0.717) is 6.04 Å². The standard InChI is InChI=1S/C24H28N2O2.CH5NO/c1-17-6-5-12-26(17)13-11-23-16-22-15-21(9-10-24(22)28-23)20-8-4-7-19(14-20)18(2)25-27-3;1-3-2/h4,7-10,14-17H,5-6,11-13H2,1-3H3;2H2,1H3/t17-;/m1./s1. The van der Waals surface area contributed by atoms with Crippen LogP contribution in [-0.2, 0) is 16.1 Å².